The number of thiophene rings is 6. The summed E-state index contributed by atoms with van der Waals surface area (Å²) < 4.78 is 69.8. The van der Waals surface area contributed by atoms with Crippen LogP contribution in [0.15, 0.2) is 32.3 Å². The third-order valence-corrected chi connectivity index (χ3v) is 15.8. The zero-order chi connectivity index (χ0) is 41.1. The Hall–Kier alpha value is -4.20. The van der Waals surface area contributed by atoms with Gasteiger partial charge >= 0.3 is 0 Å². The molecule has 0 saturated carbocycles. The van der Waals surface area contributed by atoms with Crippen LogP contribution in [0.4, 0.5) is 0 Å². The van der Waals surface area contributed by atoms with Gasteiger partial charge in [0.15, 0.2) is 69.0 Å². The average Bonchev–Trinajstić information content (AvgIpc) is 4.10. The van der Waals surface area contributed by atoms with Crippen LogP contribution in [0.3, 0.4) is 0 Å². The Morgan fingerprint density at radius 2 is 0.500 bits per heavy atom. The third kappa shape index (κ3) is 7.67. The zero-order valence-corrected chi connectivity index (χ0v) is 38.4. The van der Waals surface area contributed by atoms with Crippen LogP contribution < -0.4 is 56.8 Å². The summed E-state index contributed by atoms with van der Waals surface area (Å²) in [5.41, 5.74) is 0. The Kier molecular flexibility index (Phi) is 11.0. The highest BCUT2D eigenvalue weighted by molar-refractivity contribution is 7.22. The minimum Gasteiger partial charge on any atom is -0.485 e. The molecule has 60 heavy (non-hydrogen) atoms. The molecule has 18 heteroatoms. The predicted octanol–water partition coefficient (Wildman–Crippen LogP) is 11.4. The van der Waals surface area contributed by atoms with Gasteiger partial charge in [0.05, 0.1) is 29.3 Å². The highest BCUT2D eigenvalue weighted by Crippen LogP contribution is 2.57. The van der Waals surface area contributed by atoms with Crippen molar-refractivity contribution in [2.45, 2.75) is 78.2 Å². The molecule has 6 unspecified atom stereocenters. The van der Waals surface area contributed by atoms with E-state index in [-0.39, 0.29) is 36.6 Å². The van der Waals surface area contributed by atoms with Crippen molar-refractivity contribution in [3.63, 3.8) is 0 Å². The van der Waals surface area contributed by atoms with Gasteiger partial charge in [-0.2, -0.15) is 0 Å². The van der Waals surface area contributed by atoms with E-state index in [1.165, 1.54) is 0 Å². The molecule has 0 N–H and O–H groups in total. The largest absolute Gasteiger partial charge is 0.485 e. The number of hydrogen-bond acceptors (Lipinski definition) is 18. The van der Waals surface area contributed by atoms with Gasteiger partial charge in [0.1, 0.15) is 76.3 Å². The normalized spacial score (nSPS) is 23.7. The fourth-order valence-corrected chi connectivity index (χ4v) is 12.9. The molecule has 0 radical (unpaired) electrons. The topological polar surface area (TPSA) is 111 Å². The van der Waals surface area contributed by atoms with Crippen LogP contribution in [-0.4, -0.2) is 76.3 Å². The van der Waals surface area contributed by atoms with Crippen molar-refractivity contribution in [2.24, 2.45) is 0 Å². The van der Waals surface area contributed by atoms with Crippen molar-refractivity contribution < 1.29 is 56.8 Å². The molecule has 0 bridgehead atoms. The van der Waals surface area contributed by atoms with Gasteiger partial charge in [-0.1, -0.05) is 0 Å². The Morgan fingerprint density at radius 1 is 0.283 bits per heavy atom. The van der Waals surface area contributed by atoms with E-state index in [0.717, 1.165) is 98.3 Å². The quantitative estimate of drug-likeness (QED) is 0.168. The van der Waals surface area contributed by atoms with E-state index in [0.29, 0.717) is 39.6 Å². The summed E-state index contributed by atoms with van der Waals surface area (Å²) in [5.74, 6) is 9.98. The molecule has 6 aliphatic heterocycles. The maximum atomic E-state index is 5.94. The molecule has 6 aliphatic rings. The first-order chi connectivity index (χ1) is 29.2. The number of rotatable bonds is 3. The summed E-state index contributed by atoms with van der Waals surface area (Å²) in [4.78, 5) is 6.39. The van der Waals surface area contributed by atoms with Gasteiger partial charge in [-0.3, -0.25) is 0 Å². The maximum Gasteiger partial charge on any atom is 0.181 e. The molecule has 6 atom stereocenters. The van der Waals surface area contributed by atoms with E-state index >= 15 is 0 Å². The molecule has 0 saturated heterocycles. The Bertz CT molecular complexity index is 2360. The van der Waals surface area contributed by atoms with Gasteiger partial charge in [0.25, 0.3) is 0 Å². The first-order valence-electron chi connectivity index (χ1n) is 19.6. The van der Waals surface area contributed by atoms with Crippen molar-refractivity contribution in [1.29, 1.82) is 0 Å². The molecule has 12 heterocycles. The van der Waals surface area contributed by atoms with Crippen LogP contribution in [0.25, 0.3) is 29.3 Å². The fourth-order valence-electron chi connectivity index (χ4n) is 6.90. The van der Waals surface area contributed by atoms with Crippen molar-refractivity contribution in [3.8, 4) is 98.3 Å². The Balaban J connectivity index is 0.000000108. The second-order valence-electron chi connectivity index (χ2n) is 15.0. The summed E-state index contributed by atoms with van der Waals surface area (Å²) in [6.07, 6.45) is 0.515. The zero-order valence-electron chi connectivity index (χ0n) is 33.5. The van der Waals surface area contributed by atoms with Crippen molar-refractivity contribution >= 4 is 68.0 Å². The summed E-state index contributed by atoms with van der Waals surface area (Å²) in [7, 11) is 0. The lowest BCUT2D eigenvalue weighted by atomic mass is 10.2. The summed E-state index contributed by atoms with van der Waals surface area (Å²) >= 11 is 9.74. The molecule has 0 aromatic carbocycles. The maximum absolute atomic E-state index is 5.94. The second kappa shape index (κ2) is 16.6. The number of fused-ring (bicyclic) bond motifs is 6. The minimum absolute atomic E-state index is 0.0720. The van der Waals surface area contributed by atoms with Gasteiger partial charge < -0.3 is 56.8 Å². The smallest absolute Gasteiger partial charge is 0.181 e. The SMILES string of the molecule is CC1COc2c(csc2-c2scc3c2OC(C)CO3)O1.CC1COc2c(csc2-c2scc3c2OCC(C)O3)O1.CC1COc2csc(-c3scc4c3OC(C)CO4)c2O1. The first kappa shape index (κ1) is 39.9. The number of ether oxygens (including phenoxy) is 12. The standard InChI is InChI=1S/3C14H14O4S2/c1-7-4-16-11-10(17-7)6-20-13(11)14-12-9(5-19-14)15-3-8(2)18-12;1-7-3-15-11-9(17-7)5-19-13(11)14-12-10(6-20-14)18-8(2)4-16-12;1-7-3-15-9-5-19-13(11(9)17-7)14-12-10(6-20-14)16-4-8(2)18-12/h3*5-8H,3-4H2,1-2H3. The summed E-state index contributed by atoms with van der Waals surface area (Å²) in [5, 5.41) is 12.0. The second-order valence-corrected chi connectivity index (χ2v) is 20.3. The Labute approximate surface area is 370 Å². The van der Waals surface area contributed by atoms with E-state index in [2.05, 4.69) is 0 Å². The van der Waals surface area contributed by atoms with E-state index in [1.807, 2.05) is 73.8 Å². The third-order valence-electron chi connectivity index (χ3n) is 9.65. The molecule has 318 valence electrons. The minimum atomic E-state index is 0.0720. The first-order valence-corrected chi connectivity index (χ1v) is 24.9. The molecule has 12 rings (SSSR count). The van der Waals surface area contributed by atoms with Gasteiger partial charge in [-0.15, -0.1) is 68.0 Å². The molecule has 0 aliphatic carbocycles. The van der Waals surface area contributed by atoms with Gasteiger partial charge in [0.2, 0.25) is 0 Å². The van der Waals surface area contributed by atoms with Crippen LogP contribution in [0.1, 0.15) is 41.5 Å². The predicted molar refractivity (Wildman–Crippen MR) is 236 cm³/mol. The van der Waals surface area contributed by atoms with E-state index in [1.54, 1.807) is 68.0 Å². The average molecular weight is 931 g/mol. The van der Waals surface area contributed by atoms with Gasteiger partial charge in [-0.05, 0) is 41.5 Å². The lowest BCUT2D eigenvalue weighted by molar-refractivity contribution is 0.104. The van der Waals surface area contributed by atoms with Gasteiger partial charge in [0, 0.05) is 32.3 Å². The van der Waals surface area contributed by atoms with E-state index < -0.39 is 0 Å². The van der Waals surface area contributed by atoms with E-state index in [4.69, 9.17) is 56.8 Å². The fraction of sp³-hybridized carbons (Fsp3) is 0.429. The lowest BCUT2D eigenvalue weighted by Crippen LogP contribution is -2.25. The molecular formula is C42H42O12S6. The highest BCUT2D eigenvalue weighted by atomic mass is 32.1. The molecule has 0 spiro atoms. The van der Waals surface area contributed by atoms with Gasteiger partial charge in [-0.25, -0.2) is 0 Å². The molecule has 0 amide bonds. The highest BCUT2D eigenvalue weighted by Gasteiger charge is 2.33. The van der Waals surface area contributed by atoms with Crippen molar-refractivity contribution in [3.05, 3.63) is 32.3 Å². The molecular weight excluding hydrogens is 889 g/mol. The lowest BCUT2D eigenvalue weighted by Gasteiger charge is -2.24. The monoisotopic (exact) mass is 930 g/mol. The van der Waals surface area contributed by atoms with Crippen molar-refractivity contribution in [1.82, 2.24) is 0 Å². The Morgan fingerprint density at radius 3 is 0.783 bits per heavy atom. The van der Waals surface area contributed by atoms with Crippen LogP contribution in [0.5, 0.6) is 69.0 Å². The number of hydrogen-bond donors (Lipinski definition) is 0. The van der Waals surface area contributed by atoms with Crippen LogP contribution in [0, 0.1) is 0 Å². The summed E-state index contributed by atoms with van der Waals surface area (Å²) in [6, 6.07) is 0. The van der Waals surface area contributed by atoms with Crippen LogP contribution >= 0.6 is 68.0 Å². The molecule has 6 aromatic rings. The van der Waals surface area contributed by atoms with Crippen molar-refractivity contribution in [2.75, 3.05) is 39.6 Å². The summed E-state index contributed by atoms with van der Waals surface area (Å²) in [6.45, 7) is 15.6. The van der Waals surface area contributed by atoms with Crippen LogP contribution in [0.2, 0.25) is 0 Å². The van der Waals surface area contributed by atoms with E-state index in [9.17, 15) is 0 Å². The molecule has 0 fully saturated rings. The van der Waals surface area contributed by atoms with Crippen LogP contribution in [-0.2, 0) is 0 Å². The molecule has 6 aromatic heterocycles. The molecule has 12 nitrogen and oxygen atoms in total.